The van der Waals surface area contributed by atoms with E-state index in [1.807, 2.05) is 10.7 Å². The zero-order valence-electron chi connectivity index (χ0n) is 17.4. The Morgan fingerprint density at radius 2 is 1.83 bits per heavy atom. The summed E-state index contributed by atoms with van der Waals surface area (Å²) in [6.07, 6.45) is 5.59. The number of hydrogen-bond acceptors (Lipinski definition) is 4. The molecular weight excluding hydrogens is 374 g/mol. The fraction of sp³-hybridized carbons (Fsp3) is 0.500. The Labute approximate surface area is 176 Å². The molecule has 2 atom stereocenters. The van der Waals surface area contributed by atoms with Crippen molar-refractivity contribution in [3.05, 3.63) is 69.9 Å². The molecule has 0 amide bonds. The van der Waals surface area contributed by atoms with Gasteiger partial charge in [0.15, 0.2) is 0 Å². The van der Waals surface area contributed by atoms with Gasteiger partial charge in [0.2, 0.25) is 0 Å². The molecule has 3 aliphatic rings. The summed E-state index contributed by atoms with van der Waals surface area (Å²) in [5.41, 5.74) is 4.85. The molecule has 6 heteroatoms. The minimum atomic E-state index is 0.254. The maximum absolute atomic E-state index is 13.2. The number of aromatic nitrogens is 3. The standard InChI is InChI=1S/C24H29N5O/c30-24-19(15-26-10-1-2-11-26)6-7-23-20-12-18(14-28(23)24)13-27(16-20)17-22-5-3-4-21-8-9-25-29(21)22/h3-9,18,20H,1-2,10-17H2/t18-,20+/m0/s1. The highest BCUT2D eigenvalue weighted by atomic mass is 16.1. The molecule has 0 radical (unpaired) electrons. The summed E-state index contributed by atoms with van der Waals surface area (Å²) in [7, 11) is 0. The molecule has 0 unspecified atom stereocenters. The maximum Gasteiger partial charge on any atom is 0.255 e. The molecule has 6 nitrogen and oxygen atoms in total. The smallest absolute Gasteiger partial charge is 0.255 e. The monoisotopic (exact) mass is 403 g/mol. The van der Waals surface area contributed by atoms with E-state index in [0.717, 1.165) is 56.9 Å². The van der Waals surface area contributed by atoms with Gasteiger partial charge in [-0.1, -0.05) is 12.1 Å². The Bertz CT molecular complexity index is 1130. The molecule has 2 bridgehead atoms. The minimum absolute atomic E-state index is 0.254. The average Bonchev–Trinajstić information content (AvgIpc) is 3.43. The van der Waals surface area contributed by atoms with Gasteiger partial charge in [-0.2, -0.15) is 5.10 Å². The van der Waals surface area contributed by atoms with Crippen LogP contribution in [0.1, 0.15) is 42.1 Å². The van der Waals surface area contributed by atoms with Crippen LogP contribution in [-0.4, -0.2) is 50.2 Å². The molecule has 3 aromatic heterocycles. The van der Waals surface area contributed by atoms with Gasteiger partial charge in [0, 0.05) is 56.1 Å². The van der Waals surface area contributed by atoms with Crippen LogP contribution in [-0.2, 0) is 19.6 Å². The largest absolute Gasteiger partial charge is 0.312 e. The molecule has 0 saturated carbocycles. The highest BCUT2D eigenvalue weighted by Gasteiger charge is 2.35. The predicted molar refractivity (Wildman–Crippen MR) is 117 cm³/mol. The Morgan fingerprint density at radius 1 is 0.933 bits per heavy atom. The Kier molecular flexibility index (Phi) is 4.50. The van der Waals surface area contributed by atoms with E-state index in [-0.39, 0.29) is 5.56 Å². The molecule has 156 valence electrons. The van der Waals surface area contributed by atoms with E-state index >= 15 is 0 Å². The van der Waals surface area contributed by atoms with E-state index in [1.165, 1.54) is 30.7 Å². The third kappa shape index (κ3) is 3.19. The first kappa shape index (κ1) is 18.3. The van der Waals surface area contributed by atoms with Crippen LogP contribution >= 0.6 is 0 Å². The number of piperidine rings is 1. The summed E-state index contributed by atoms with van der Waals surface area (Å²) in [5, 5.41) is 4.50. The van der Waals surface area contributed by atoms with E-state index in [9.17, 15) is 4.79 Å². The summed E-state index contributed by atoms with van der Waals surface area (Å²) in [6.45, 7) is 6.91. The predicted octanol–water partition coefficient (Wildman–Crippen LogP) is 2.71. The molecule has 0 N–H and O–H groups in total. The average molecular weight is 404 g/mol. The lowest BCUT2D eigenvalue weighted by Gasteiger charge is -2.43. The van der Waals surface area contributed by atoms with Crippen LogP contribution in [0, 0.1) is 5.92 Å². The number of nitrogens with zero attached hydrogens (tertiary/aromatic N) is 5. The summed E-state index contributed by atoms with van der Waals surface area (Å²) >= 11 is 0. The van der Waals surface area contributed by atoms with E-state index < -0.39 is 0 Å². The molecule has 2 saturated heterocycles. The summed E-state index contributed by atoms with van der Waals surface area (Å²) in [5.74, 6) is 0.996. The van der Waals surface area contributed by atoms with Crippen molar-refractivity contribution in [2.24, 2.45) is 5.92 Å². The van der Waals surface area contributed by atoms with Gasteiger partial charge in [-0.25, -0.2) is 4.52 Å². The molecule has 3 aliphatic heterocycles. The van der Waals surface area contributed by atoms with Crippen LogP contribution in [0.2, 0.25) is 0 Å². The van der Waals surface area contributed by atoms with Crippen LogP contribution < -0.4 is 5.56 Å². The van der Waals surface area contributed by atoms with Crippen molar-refractivity contribution in [2.75, 3.05) is 26.2 Å². The number of hydrogen-bond donors (Lipinski definition) is 0. The van der Waals surface area contributed by atoms with Crippen molar-refractivity contribution in [1.82, 2.24) is 24.0 Å². The van der Waals surface area contributed by atoms with E-state index in [2.05, 4.69) is 55.9 Å². The van der Waals surface area contributed by atoms with E-state index in [0.29, 0.717) is 11.8 Å². The van der Waals surface area contributed by atoms with Gasteiger partial charge in [0.25, 0.3) is 5.56 Å². The number of rotatable bonds is 4. The van der Waals surface area contributed by atoms with Crippen LogP contribution in [0.25, 0.3) is 5.52 Å². The van der Waals surface area contributed by atoms with Gasteiger partial charge >= 0.3 is 0 Å². The van der Waals surface area contributed by atoms with Crippen molar-refractivity contribution < 1.29 is 0 Å². The highest BCUT2D eigenvalue weighted by molar-refractivity contribution is 5.46. The highest BCUT2D eigenvalue weighted by Crippen LogP contribution is 2.35. The molecular formula is C24H29N5O. The Hall–Kier alpha value is -2.44. The number of fused-ring (bicyclic) bond motifs is 5. The van der Waals surface area contributed by atoms with Gasteiger partial charge in [0.05, 0.1) is 11.2 Å². The van der Waals surface area contributed by atoms with Gasteiger partial charge in [-0.15, -0.1) is 0 Å². The van der Waals surface area contributed by atoms with Crippen LogP contribution in [0.5, 0.6) is 0 Å². The van der Waals surface area contributed by atoms with Gasteiger partial charge in [-0.3, -0.25) is 14.6 Å². The molecule has 6 rings (SSSR count). The van der Waals surface area contributed by atoms with Crippen molar-refractivity contribution in [2.45, 2.75) is 44.8 Å². The van der Waals surface area contributed by atoms with Gasteiger partial charge in [-0.05, 0) is 62.5 Å². The first-order valence-electron chi connectivity index (χ1n) is 11.3. The van der Waals surface area contributed by atoms with Crippen molar-refractivity contribution in [3.8, 4) is 0 Å². The normalized spacial score (nSPS) is 24.4. The fourth-order valence-corrected chi connectivity index (χ4v) is 5.88. The second-order valence-electron chi connectivity index (χ2n) is 9.36. The lowest BCUT2D eigenvalue weighted by Crippen LogP contribution is -2.47. The molecule has 0 aromatic carbocycles. The van der Waals surface area contributed by atoms with Crippen LogP contribution in [0.3, 0.4) is 0 Å². The lowest BCUT2D eigenvalue weighted by atomic mass is 9.83. The fourth-order valence-electron chi connectivity index (χ4n) is 5.88. The summed E-state index contributed by atoms with van der Waals surface area (Å²) < 4.78 is 4.16. The third-order valence-electron chi connectivity index (χ3n) is 7.24. The molecule has 0 spiro atoms. The first-order chi connectivity index (χ1) is 14.7. The van der Waals surface area contributed by atoms with Crippen molar-refractivity contribution in [3.63, 3.8) is 0 Å². The Morgan fingerprint density at radius 3 is 2.73 bits per heavy atom. The topological polar surface area (TPSA) is 45.8 Å². The Balaban J connectivity index is 1.24. The third-order valence-corrected chi connectivity index (χ3v) is 7.24. The summed E-state index contributed by atoms with van der Waals surface area (Å²) in [4.78, 5) is 18.2. The number of likely N-dealkylation sites (tertiary alicyclic amines) is 2. The molecule has 6 heterocycles. The second kappa shape index (κ2) is 7.36. The molecule has 0 aliphatic carbocycles. The number of pyridine rings is 2. The SMILES string of the molecule is O=c1c(CN2CCCC2)ccc2n1C[C@H]1C[C@@H]2CN(Cc2cccc3ccnn23)C1. The maximum atomic E-state index is 13.2. The summed E-state index contributed by atoms with van der Waals surface area (Å²) in [6, 6.07) is 12.8. The van der Waals surface area contributed by atoms with Crippen LogP contribution in [0.4, 0.5) is 0 Å². The first-order valence-corrected chi connectivity index (χ1v) is 11.3. The minimum Gasteiger partial charge on any atom is -0.312 e. The molecule has 2 fully saturated rings. The van der Waals surface area contributed by atoms with Crippen molar-refractivity contribution in [1.29, 1.82) is 0 Å². The quantitative estimate of drug-likeness (QED) is 0.672. The van der Waals surface area contributed by atoms with E-state index in [4.69, 9.17) is 0 Å². The second-order valence-corrected chi connectivity index (χ2v) is 9.36. The van der Waals surface area contributed by atoms with E-state index in [1.54, 1.807) is 0 Å². The van der Waals surface area contributed by atoms with Gasteiger partial charge in [0.1, 0.15) is 0 Å². The molecule has 30 heavy (non-hydrogen) atoms. The zero-order valence-corrected chi connectivity index (χ0v) is 17.4. The zero-order chi connectivity index (χ0) is 20.1. The van der Waals surface area contributed by atoms with Crippen molar-refractivity contribution >= 4 is 5.52 Å². The lowest BCUT2D eigenvalue weighted by molar-refractivity contribution is 0.112. The van der Waals surface area contributed by atoms with Gasteiger partial charge < -0.3 is 4.57 Å². The molecule has 3 aromatic rings. The van der Waals surface area contributed by atoms with Crippen LogP contribution in [0.15, 0.2) is 47.4 Å².